The lowest BCUT2D eigenvalue weighted by Crippen LogP contribution is -2.45. The molecule has 124 valence electrons. The SMILES string of the molecule is O=C(N[C@@H]1CCCNC1)c1cc2c(C(F)(F)F)ccc(Cl)c2s1. The van der Waals surface area contributed by atoms with Gasteiger partial charge in [-0.15, -0.1) is 11.3 Å². The molecular formula is C15H14ClF3N2OS. The van der Waals surface area contributed by atoms with Crippen molar-refractivity contribution in [1.29, 1.82) is 0 Å². The summed E-state index contributed by atoms with van der Waals surface area (Å²) in [5, 5.41) is 6.23. The summed E-state index contributed by atoms with van der Waals surface area (Å²) in [7, 11) is 0. The first-order valence-corrected chi connectivity index (χ1v) is 8.36. The minimum atomic E-state index is -4.48. The maximum atomic E-state index is 13.1. The van der Waals surface area contributed by atoms with Crippen LogP contribution in [0.5, 0.6) is 0 Å². The van der Waals surface area contributed by atoms with Gasteiger partial charge in [-0.05, 0) is 37.6 Å². The molecule has 8 heteroatoms. The average Bonchev–Trinajstić information content (AvgIpc) is 2.93. The van der Waals surface area contributed by atoms with Crippen molar-refractivity contribution in [1.82, 2.24) is 10.6 Å². The molecular weight excluding hydrogens is 349 g/mol. The van der Waals surface area contributed by atoms with E-state index >= 15 is 0 Å². The van der Waals surface area contributed by atoms with Crippen LogP contribution in [0.15, 0.2) is 18.2 Å². The molecule has 2 heterocycles. The summed E-state index contributed by atoms with van der Waals surface area (Å²) >= 11 is 6.98. The molecule has 2 N–H and O–H groups in total. The molecule has 0 radical (unpaired) electrons. The quantitative estimate of drug-likeness (QED) is 0.846. The molecule has 0 aliphatic carbocycles. The number of thiophene rings is 1. The third-order valence-corrected chi connectivity index (χ3v) is 5.39. The number of piperidine rings is 1. The Morgan fingerprint density at radius 3 is 2.83 bits per heavy atom. The number of halogens is 4. The second-order valence-corrected chi connectivity index (χ2v) is 6.92. The number of hydrogen-bond acceptors (Lipinski definition) is 3. The number of carbonyl (C=O) groups is 1. The van der Waals surface area contributed by atoms with Crippen LogP contribution in [0.25, 0.3) is 10.1 Å². The van der Waals surface area contributed by atoms with Crippen LogP contribution in [0.2, 0.25) is 5.02 Å². The largest absolute Gasteiger partial charge is 0.417 e. The molecule has 1 aromatic heterocycles. The number of carbonyl (C=O) groups excluding carboxylic acids is 1. The molecule has 0 saturated carbocycles. The van der Waals surface area contributed by atoms with Crippen molar-refractivity contribution in [2.75, 3.05) is 13.1 Å². The van der Waals surface area contributed by atoms with Gasteiger partial charge >= 0.3 is 6.18 Å². The zero-order chi connectivity index (χ0) is 16.6. The molecule has 3 nitrogen and oxygen atoms in total. The molecule has 23 heavy (non-hydrogen) atoms. The van der Waals surface area contributed by atoms with Gasteiger partial charge in [0.05, 0.1) is 20.2 Å². The molecule has 1 amide bonds. The fourth-order valence-electron chi connectivity index (χ4n) is 2.68. The van der Waals surface area contributed by atoms with Crippen molar-refractivity contribution in [2.24, 2.45) is 0 Å². The summed E-state index contributed by atoms with van der Waals surface area (Å²) in [6, 6.07) is 3.44. The highest BCUT2D eigenvalue weighted by Gasteiger charge is 2.34. The number of nitrogens with one attached hydrogen (secondary N) is 2. The fourth-order valence-corrected chi connectivity index (χ4v) is 3.95. The zero-order valence-corrected chi connectivity index (χ0v) is 13.5. The Balaban J connectivity index is 1.93. The first kappa shape index (κ1) is 16.5. The third kappa shape index (κ3) is 3.46. The molecule has 0 spiro atoms. The summed E-state index contributed by atoms with van der Waals surface area (Å²) in [6.07, 6.45) is -2.66. The van der Waals surface area contributed by atoms with E-state index in [1.165, 1.54) is 12.1 Å². The lowest BCUT2D eigenvalue weighted by Gasteiger charge is -2.23. The number of alkyl halides is 3. The maximum absolute atomic E-state index is 13.1. The topological polar surface area (TPSA) is 41.1 Å². The lowest BCUT2D eigenvalue weighted by molar-refractivity contribution is -0.136. The van der Waals surface area contributed by atoms with Crippen molar-refractivity contribution >= 4 is 38.9 Å². The minimum Gasteiger partial charge on any atom is -0.347 e. The molecule has 0 bridgehead atoms. The van der Waals surface area contributed by atoms with Gasteiger partial charge in [0.2, 0.25) is 0 Å². The van der Waals surface area contributed by atoms with Crippen LogP contribution in [-0.2, 0) is 6.18 Å². The van der Waals surface area contributed by atoms with Gasteiger partial charge in [0, 0.05) is 18.0 Å². The van der Waals surface area contributed by atoms with Gasteiger partial charge in [-0.1, -0.05) is 11.6 Å². The van der Waals surface area contributed by atoms with E-state index in [2.05, 4.69) is 10.6 Å². The van der Waals surface area contributed by atoms with Crippen molar-refractivity contribution in [3.05, 3.63) is 33.7 Å². The Hall–Kier alpha value is -1.31. The fraction of sp³-hybridized carbons (Fsp3) is 0.400. The zero-order valence-electron chi connectivity index (χ0n) is 12.0. The number of benzene rings is 1. The van der Waals surface area contributed by atoms with Gasteiger partial charge < -0.3 is 10.6 Å². The molecule has 1 aromatic carbocycles. The smallest absolute Gasteiger partial charge is 0.347 e. The second kappa shape index (κ2) is 6.30. The van der Waals surface area contributed by atoms with Gasteiger partial charge in [-0.25, -0.2) is 0 Å². The van der Waals surface area contributed by atoms with Crippen molar-refractivity contribution in [3.8, 4) is 0 Å². The predicted octanol–water partition coefficient (Wildman–Crippen LogP) is 4.06. The van der Waals surface area contributed by atoms with Gasteiger partial charge in [0.1, 0.15) is 0 Å². The lowest BCUT2D eigenvalue weighted by atomic mass is 10.1. The molecule has 1 saturated heterocycles. The first-order valence-electron chi connectivity index (χ1n) is 7.17. The number of rotatable bonds is 2. The van der Waals surface area contributed by atoms with Gasteiger partial charge in [0.15, 0.2) is 0 Å². The van der Waals surface area contributed by atoms with E-state index in [1.807, 2.05) is 0 Å². The highest BCUT2D eigenvalue weighted by Crippen LogP contribution is 2.41. The van der Waals surface area contributed by atoms with Crippen LogP contribution in [0, 0.1) is 0 Å². The van der Waals surface area contributed by atoms with E-state index in [9.17, 15) is 18.0 Å². The number of amides is 1. The minimum absolute atomic E-state index is 0.000907. The van der Waals surface area contributed by atoms with Crippen LogP contribution in [0.4, 0.5) is 13.2 Å². The van der Waals surface area contributed by atoms with Gasteiger partial charge in [0.25, 0.3) is 5.91 Å². The van der Waals surface area contributed by atoms with E-state index < -0.39 is 11.7 Å². The van der Waals surface area contributed by atoms with Crippen LogP contribution < -0.4 is 10.6 Å². The number of hydrogen-bond donors (Lipinski definition) is 2. The molecule has 0 unspecified atom stereocenters. The third-order valence-electron chi connectivity index (χ3n) is 3.80. The highest BCUT2D eigenvalue weighted by atomic mass is 35.5. The Bertz CT molecular complexity index is 738. The molecule has 1 aliphatic rings. The predicted molar refractivity (Wildman–Crippen MR) is 85.2 cm³/mol. The average molecular weight is 363 g/mol. The molecule has 1 fully saturated rings. The van der Waals surface area contributed by atoms with Crippen LogP contribution in [0.3, 0.4) is 0 Å². The summed E-state index contributed by atoms with van der Waals surface area (Å²) in [5.41, 5.74) is -0.772. The van der Waals surface area contributed by atoms with Crippen molar-refractivity contribution < 1.29 is 18.0 Å². The Labute approximate surface area is 139 Å². The molecule has 2 aromatic rings. The molecule has 1 aliphatic heterocycles. The Kier molecular flexibility index (Phi) is 4.53. The van der Waals surface area contributed by atoms with Crippen molar-refractivity contribution in [2.45, 2.75) is 25.1 Å². The van der Waals surface area contributed by atoms with E-state index in [1.54, 1.807) is 0 Å². The Morgan fingerprint density at radius 1 is 1.39 bits per heavy atom. The van der Waals surface area contributed by atoms with Crippen LogP contribution in [0.1, 0.15) is 28.1 Å². The summed E-state index contributed by atoms with van der Waals surface area (Å²) in [4.78, 5) is 12.5. The molecule has 1 atom stereocenters. The maximum Gasteiger partial charge on any atom is 0.417 e. The summed E-state index contributed by atoms with van der Waals surface area (Å²) < 4.78 is 39.5. The van der Waals surface area contributed by atoms with Gasteiger partial charge in [-0.3, -0.25) is 4.79 Å². The summed E-state index contributed by atoms with van der Waals surface area (Å²) in [5.74, 6) is -0.357. The number of fused-ring (bicyclic) bond motifs is 1. The van der Waals surface area contributed by atoms with E-state index in [0.717, 1.165) is 36.8 Å². The van der Waals surface area contributed by atoms with Gasteiger partial charge in [-0.2, -0.15) is 13.2 Å². The second-order valence-electron chi connectivity index (χ2n) is 5.46. The first-order chi connectivity index (χ1) is 10.9. The Morgan fingerprint density at radius 2 is 2.17 bits per heavy atom. The van der Waals surface area contributed by atoms with E-state index in [4.69, 9.17) is 11.6 Å². The highest BCUT2D eigenvalue weighted by molar-refractivity contribution is 7.21. The normalized spacial score (nSPS) is 19.0. The summed E-state index contributed by atoms with van der Waals surface area (Å²) in [6.45, 7) is 1.59. The van der Waals surface area contributed by atoms with Crippen molar-refractivity contribution in [3.63, 3.8) is 0 Å². The van der Waals surface area contributed by atoms with E-state index in [-0.39, 0.29) is 31.9 Å². The van der Waals surface area contributed by atoms with Crippen LogP contribution in [-0.4, -0.2) is 25.0 Å². The standard InChI is InChI=1S/C15H14ClF3N2OS/c16-11-4-3-10(15(17,18)19)9-6-12(23-13(9)11)14(22)21-8-2-1-5-20-7-8/h3-4,6,8,20H,1-2,5,7H2,(H,21,22)/t8-/m1/s1. The van der Waals surface area contributed by atoms with E-state index in [0.29, 0.717) is 6.54 Å². The van der Waals surface area contributed by atoms with Crippen LogP contribution >= 0.6 is 22.9 Å². The monoisotopic (exact) mass is 362 g/mol. The molecule has 3 rings (SSSR count).